The van der Waals surface area contributed by atoms with Crippen molar-refractivity contribution >= 4 is 14.3 Å². The topological polar surface area (TPSA) is 42.0 Å². The molecule has 0 bridgehead atoms. The number of hydrogen-bond acceptors (Lipinski definition) is 5. The molecule has 0 saturated carbocycles. The van der Waals surface area contributed by atoms with Gasteiger partial charge in [-0.15, -0.1) is 0 Å². The van der Waals surface area contributed by atoms with Gasteiger partial charge in [0, 0.05) is 19.6 Å². The lowest BCUT2D eigenvalue weighted by atomic mass is 9.74. The van der Waals surface area contributed by atoms with Crippen molar-refractivity contribution in [3.63, 3.8) is 0 Å². The standard InChI is InChI=1S/C40H54N2O3Si/c1-7-44-38(43)32-23-27-41(28-24-32)29-25-33-31-42(30-26-37(33)45-46(5,6)39(2,3)4)40(34-17-11-8-12-18-34,35-19-13-9-14-20-35)36-21-15-10-16-22-36/h8-22,25,32,37H,7,23-24,26-31H2,1-6H3. The molecule has 0 spiro atoms. The van der Waals surface area contributed by atoms with Crippen molar-refractivity contribution in [2.45, 2.75) is 76.7 Å². The quantitative estimate of drug-likeness (QED) is 0.0968. The number of carbonyl (C=O) groups is 1. The van der Waals surface area contributed by atoms with E-state index in [1.54, 1.807) is 0 Å². The predicted octanol–water partition coefficient (Wildman–Crippen LogP) is 8.28. The molecule has 0 amide bonds. The molecular formula is C40H54N2O3Si. The maximum Gasteiger partial charge on any atom is 0.309 e. The van der Waals surface area contributed by atoms with Crippen LogP contribution >= 0.6 is 0 Å². The van der Waals surface area contributed by atoms with Crippen LogP contribution in [0, 0.1) is 5.92 Å². The molecule has 1 unspecified atom stereocenters. The fourth-order valence-electron chi connectivity index (χ4n) is 6.95. The molecule has 3 aromatic carbocycles. The van der Waals surface area contributed by atoms with Gasteiger partial charge in [-0.2, -0.15) is 0 Å². The summed E-state index contributed by atoms with van der Waals surface area (Å²) in [6.07, 6.45) is 5.21. The van der Waals surface area contributed by atoms with E-state index in [0.717, 1.165) is 52.0 Å². The van der Waals surface area contributed by atoms with Crippen LogP contribution in [-0.4, -0.2) is 69.5 Å². The van der Waals surface area contributed by atoms with Crippen LogP contribution in [0.15, 0.2) is 103 Å². The molecule has 3 aromatic rings. The molecule has 0 aromatic heterocycles. The van der Waals surface area contributed by atoms with E-state index in [-0.39, 0.29) is 23.0 Å². The van der Waals surface area contributed by atoms with E-state index in [9.17, 15) is 4.79 Å². The van der Waals surface area contributed by atoms with Crippen LogP contribution in [0.25, 0.3) is 0 Å². The van der Waals surface area contributed by atoms with Crippen molar-refractivity contribution in [1.29, 1.82) is 0 Å². The van der Waals surface area contributed by atoms with Crippen molar-refractivity contribution < 1.29 is 14.0 Å². The monoisotopic (exact) mass is 638 g/mol. The summed E-state index contributed by atoms with van der Waals surface area (Å²) in [6, 6.07) is 33.1. The van der Waals surface area contributed by atoms with E-state index in [0.29, 0.717) is 6.61 Å². The minimum absolute atomic E-state index is 0.0203. The second-order valence-corrected chi connectivity index (χ2v) is 19.2. The second kappa shape index (κ2) is 14.8. The minimum Gasteiger partial charge on any atom is -0.466 e. The molecular weight excluding hydrogens is 585 g/mol. The van der Waals surface area contributed by atoms with Crippen LogP contribution in [0.2, 0.25) is 18.1 Å². The predicted molar refractivity (Wildman–Crippen MR) is 191 cm³/mol. The van der Waals surface area contributed by atoms with Crippen molar-refractivity contribution in [3.05, 3.63) is 119 Å². The van der Waals surface area contributed by atoms with Crippen molar-refractivity contribution in [2.24, 2.45) is 5.92 Å². The first-order chi connectivity index (χ1) is 22.1. The molecule has 2 heterocycles. The van der Waals surface area contributed by atoms with Gasteiger partial charge < -0.3 is 9.16 Å². The largest absolute Gasteiger partial charge is 0.466 e. The summed E-state index contributed by atoms with van der Waals surface area (Å²) in [6.45, 7) is 18.5. The number of rotatable bonds is 10. The maximum atomic E-state index is 12.4. The fraction of sp³-hybridized carbons (Fsp3) is 0.475. The molecule has 0 aliphatic carbocycles. The average molecular weight is 639 g/mol. The van der Waals surface area contributed by atoms with Crippen LogP contribution < -0.4 is 0 Å². The molecule has 2 aliphatic heterocycles. The lowest BCUT2D eigenvalue weighted by Gasteiger charge is -2.50. The molecule has 5 rings (SSSR count). The third-order valence-electron chi connectivity index (χ3n) is 10.6. The number of ether oxygens (including phenoxy) is 1. The Morgan fingerprint density at radius 1 is 0.804 bits per heavy atom. The number of benzene rings is 3. The van der Waals surface area contributed by atoms with Crippen molar-refractivity contribution in [2.75, 3.05) is 39.3 Å². The van der Waals surface area contributed by atoms with Crippen LogP contribution in [0.1, 0.15) is 63.6 Å². The van der Waals surface area contributed by atoms with Crippen LogP contribution in [0.5, 0.6) is 0 Å². The van der Waals surface area contributed by atoms with Gasteiger partial charge >= 0.3 is 5.97 Å². The zero-order valence-corrected chi connectivity index (χ0v) is 29.9. The molecule has 2 aliphatic rings. The van der Waals surface area contributed by atoms with E-state index in [1.807, 2.05) is 6.92 Å². The number of likely N-dealkylation sites (tertiary alicyclic amines) is 2. The smallest absolute Gasteiger partial charge is 0.309 e. The van der Waals surface area contributed by atoms with E-state index >= 15 is 0 Å². The molecule has 46 heavy (non-hydrogen) atoms. The Morgan fingerprint density at radius 2 is 1.30 bits per heavy atom. The Hall–Kier alpha value is -3.03. The summed E-state index contributed by atoms with van der Waals surface area (Å²) >= 11 is 0. The zero-order valence-electron chi connectivity index (χ0n) is 28.9. The highest BCUT2D eigenvalue weighted by Gasteiger charge is 2.46. The average Bonchev–Trinajstić information content (AvgIpc) is 3.06. The van der Waals surface area contributed by atoms with Gasteiger partial charge in [-0.25, -0.2) is 0 Å². The number of nitrogens with zero attached hydrogens (tertiary/aromatic N) is 2. The maximum absolute atomic E-state index is 12.4. The molecule has 0 radical (unpaired) electrons. The van der Waals surface area contributed by atoms with Gasteiger partial charge in [0.1, 0.15) is 0 Å². The number of hydrogen-bond donors (Lipinski definition) is 0. The third-order valence-corrected chi connectivity index (χ3v) is 15.0. The SMILES string of the molecule is CCOC(=O)C1CCN(CC=C2CN(C(c3ccccc3)(c3ccccc3)c3ccccc3)CCC2O[Si](C)(C)C(C)(C)C)CC1. The van der Waals surface area contributed by atoms with Gasteiger partial charge in [-0.1, -0.05) is 118 Å². The number of carbonyl (C=O) groups excluding carboxylic acids is 1. The highest BCUT2D eigenvalue weighted by atomic mass is 28.4. The minimum atomic E-state index is -2.02. The van der Waals surface area contributed by atoms with Crippen LogP contribution in [-0.2, 0) is 19.5 Å². The molecule has 6 heteroatoms. The van der Waals surface area contributed by atoms with E-state index in [2.05, 4.69) is 141 Å². The Morgan fingerprint density at radius 3 is 1.76 bits per heavy atom. The third kappa shape index (κ3) is 7.41. The molecule has 1 atom stereocenters. The normalized spacial score (nSPS) is 20.1. The van der Waals surface area contributed by atoms with Crippen LogP contribution in [0.3, 0.4) is 0 Å². The second-order valence-electron chi connectivity index (χ2n) is 14.5. The highest BCUT2D eigenvalue weighted by molar-refractivity contribution is 6.74. The molecule has 0 N–H and O–H groups in total. The fourth-order valence-corrected chi connectivity index (χ4v) is 8.29. The summed E-state index contributed by atoms with van der Waals surface area (Å²) in [5.41, 5.74) is 4.74. The summed E-state index contributed by atoms with van der Waals surface area (Å²) in [5.74, 6) is -0.0164. The lowest BCUT2D eigenvalue weighted by Crippen LogP contribution is -2.55. The lowest BCUT2D eigenvalue weighted by molar-refractivity contribution is -0.149. The molecule has 5 nitrogen and oxygen atoms in total. The van der Waals surface area contributed by atoms with Gasteiger partial charge in [0.15, 0.2) is 8.32 Å². The van der Waals surface area contributed by atoms with Gasteiger partial charge in [-0.3, -0.25) is 14.6 Å². The molecule has 2 fully saturated rings. The Bertz CT molecular complexity index is 1330. The molecule has 2 saturated heterocycles. The van der Waals surface area contributed by atoms with Crippen LogP contribution in [0.4, 0.5) is 0 Å². The van der Waals surface area contributed by atoms with Crippen molar-refractivity contribution in [1.82, 2.24) is 9.80 Å². The Labute approximate surface area is 278 Å². The summed E-state index contributed by atoms with van der Waals surface area (Å²) < 4.78 is 12.5. The first-order valence-electron chi connectivity index (χ1n) is 17.2. The van der Waals surface area contributed by atoms with Gasteiger partial charge in [0.05, 0.1) is 24.2 Å². The number of piperidine rings is 2. The van der Waals surface area contributed by atoms with Crippen molar-refractivity contribution in [3.8, 4) is 0 Å². The van der Waals surface area contributed by atoms with Gasteiger partial charge in [0.25, 0.3) is 0 Å². The zero-order chi connectivity index (χ0) is 32.8. The van der Waals surface area contributed by atoms with Gasteiger partial charge in [-0.05, 0) is 79.7 Å². The highest BCUT2D eigenvalue weighted by Crippen LogP contribution is 2.46. The first kappa shape index (κ1) is 34.3. The summed E-state index contributed by atoms with van der Waals surface area (Å²) in [7, 11) is -2.02. The van der Waals surface area contributed by atoms with E-state index in [4.69, 9.17) is 9.16 Å². The number of esters is 1. The van der Waals surface area contributed by atoms with E-state index < -0.39 is 13.9 Å². The first-order valence-corrected chi connectivity index (χ1v) is 20.1. The summed E-state index contributed by atoms with van der Waals surface area (Å²) in [5, 5.41) is 0.131. The van der Waals surface area contributed by atoms with E-state index in [1.165, 1.54) is 22.3 Å². The Kier molecular flexibility index (Phi) is 11.0. The van der Waals surface area contributed by atoms with Gasteiger partial charge in [0.2, 0.25) is 0 Å². The summed E-state index contributed by atoms with van der Waals surface area (Å²) in [4.78, 5) is 17.6. The molecule has 246 valence electrons. The Balaban J connectivity index is 1.52.